The Balaban J connectivity index is 2.23. The predicted octanol–water partition coefficient (Wildman–Crippen LogP) is 3.81. The minimum atomic E-state index is -0.918. The van der Waals surface area contributed by atoms with Gasteiger partial charge in [0.15, 0.2) is 0 Å². The molecular formula is C15H7Cl3N2O3. The van der Waals surface area contributed by atoms with Crippen LogP contribution in [-0.4, -0.2) is 9.55 Å². The maximum atomic E-state index is 12.2. The third kappa shape index (κ3) is 3.03. The second-order valence-corrected chi connectivity index (χ2v) is 5.73. The Hall–Kier alpha value is -2.08. The van der Waals surface area contributed by atoms with E-state index < -0.39 is 11.4 Å². The van der Waals surface area contributed by atoms with Gasteiger partial charge in [-0.3, -0.25) is 0 Å². The average molecular weight is 370 g/mol. The fourth-order valence-corrected chi connectivity index (χ4v) is 2.75. The van der Waals surface area contributed by atoms with Gasteiger partial charge in [-0.1, -0.05) is 46.9 Å². The first kappa shape index (κ1) is 15.8. The highest BCUT2D eigenvalue weighted by atomic mass is 35.5. The topological polar surface area (TPSA) is 65.1 Å². The van der Waals surface area contributed by atoms with Gasteiger partial charge in [0.25, 0.3) is 0 Å². The molecule has 0 aliphatic carbocycles. The van der Waals surface area contributed by atoms with Crippen LogP contribution in [0.2, 0.25) is 15.1 Å². The molecule has 0 aliphatic rings. The number of rotatable bonds is 2. The highest BCUT2D eigenvalue weighted by Crippen LogP contribution is 2.32. The summed E-state index contributed by atoms with van der Waals surface area (Å²) in [4.78, 5) is 28.2. The van der Waals surface area contributed by atoms with Crippen LogP contribution < -0.4 is 11.4 Å². The molecule has 0 radical (unpaired) electrons. The Morgan fingerprint density at radius 3 is 2.22 bits per heavy atom. The van der Waals surface area contributed by atoms with Crippen LogP contribution in [0.1, 0.15) is 0 Å². The molecule has 8 heteroatoms. The Morgan fingerprint density at radius 1 is 0.957 bits per heavy atom. The highest BCUT2D eigenvalue weighted by molar-refractivity contribution is 6.38. The van der Waals surface area contributed by atoms with Gasteiger partial charge in [0.1, 0.15) is 0 Å². The largest absolute Gasteiger partial charge is 0.429 e. The molecule has 2 aromatic carbocycles. The molecule has 0 saturated carbocycles. The van der Waals surface area contributed by atoms with E-state index in [1.165, 1.54) is 12.1 Å². The molecule has 0 atom stereocenters. The fourth-order valence-electron chi connectivity index (χ4n) is 2.01. The van der Waals surface area contributed by atoms with Gasteiger partial charge in [-0.05, 0) is 30.3 Å². The zero-order chi connectivity index (χ0) is 16.6. The van der Waals surface area contributed by atoms with E-state index in [0.717, 1.165) is 4.57 Å². The van der Waals surface area contributed by atoms with Gasteiger partial charge in [-0.15, -0.1) is 0 Å². The summed E-state index contributed by atoms with van der Waals surface area (Å²) in [5.74, 6) is -1.16. The minimum Gasteiger partial charge on any atom is -0.390 e. The number of aromatic nitrogens is 2. The first-order valence-corrected chi connectivity index (χ1v) is 7.45. The van der Waals surface area contributed by atoms with Crippen molar-refractivity contribution in [3.05, 3.63) is 78.6 Å². The lowest BCUT2D eigenvalue weighted by atomic mass is 10.2. The quantitative estimate of drug-likeness (QED) is 0.689. The predicted molar refractivity (Wildman–Crippen MR) is 88.8 cm³/mol. The third-order valence-corrected chi connectivity index (χ3v) is 3.86. The van der Waals surface area contributed by atoms with E-state index in [1.807, 2.05) is 0 Å². The van der Waals surface area contributed by atoms with Crippen molar-refractivity contribution in [1.29, 1.82) is 0 Å². The van der Waals surface area contributed by atoms with Gasteiger partial charge in [0.05, 0.1) is 21.3 Å². The van der Waals surface area contributed by atoms with E-state index in [9.17, 15) is 9.59 Å². The van der Waals surface area contributed by atoms with Crippen molar-refractivity contribution in [3.63, 3.8) is 0 Å². The molecule has 3 aromatic rings. The SMILES string of the molecule is O=c1nc(-c2c(Cl)cccc2Cl)oc(=O)n1-c1cccc(Cl)c1. The average Bonchev–Trinajstić information content (AvgIpc) is 2.46. The molecule has 116 valence electrons. The molecule has 1 aromatic heterocycles. The van der Waals surface area contributed by atoms with Crippen LogP contribution in [0.3, 0.4) is 0 Å². The van der Waals surface area contributed by atoms with Gasteiger partial charge in [-0.25, -0.2) is 9.59 Å². The molecule has 3 rings (SSSR count). The summed E-state index contributed by atoms with van der Waals surface area (Å²) >= 11 is 17.9. The van der Waals surface area contributed by atoms with Crippen LogP contribution in [0.15, 0.2) is 56.5 Å². The van der Waals surface area contributed by atoms with Crippen LogP contribution in [0.5, 0.6) is 0 Å². The number of nitrogens with zero attached hydrogens (tertiary/aromatic N) is 2. The second kappa shape index (κ2) is 6.20. The van der Waals surface area contributed by atoms with Crippen LogP contribution in [0.25, 0.3) is 17.1 Å². The van der Waals surface area contributed by atoms with E-state index in [4.69, 9.17) is 39.2 Å². The highest BCUT2D eigenvalue weighted by Gasteiger charge is 2.17. The van der Waals surface area contributed by atoms with Crippen LogP contribution in [0.4, 0.5) is 0 Å². The van der Waals surface area contributed by atoms with Gasteiger partial charge in [-0.2, -0.15) is 9.55 Å². The molecule has 0 fully saturated rings. The Morgan fingerprint density at radius 2 is 1.61 bits per heavy atom. The fraction of sp³-hybridized carbons (Fsp3) is 0. The lowest BCUT2D eigenvalue weighted by Gasteiger charge is -2.07. The summed E-state index contributed by atoms with van der Waals surface area (Å²) in [5, 5.41) is 0.799. The normalized spacial score (nSPS) is 10.7. The molecule has 0 saturated heterocycles. The number of benzene rings is 2. The lowest BCUT2D eigenvalue weighted by Crippen LogP contribution is -2.33. The van der Waals surface area contributed by atoms with Crippen molar-refractivity contribution in [3.8, 4) is 17.1 Å². The lowest BCUT2D eigenvalue weighted by molar-refractivity contribution is 0.448. The zero-order valence-corrected chi connectivity index (χ0v) is 13.6. The molecule has 0 bridgehead atoms. The second-order valence-electron chi connectivity index (χ2n) is 4.48. The van der Waals surface area contributed by atoms with Crippen molar-refractivity contribution in [2.45, 2.75) is 0 Å². The zero-order valence-electron chi connectivity index (χ0n) is 11.3. The van der Waals surface area contributed by atoms with Crippen LogP contribution in [0, 0.1) is 0 Å². The summed E-state index contributed by atoms with van der Waals surface area (Å²) in [7, 11) is 0. The molecule has 0 amide bonds. The standard InChI is InChI=1S/C15H7Cl3N2O3/c16-8-3-1-4-9(7-8)20-14(21)19-13(23-15(20)22)12-10(17)5-2-6-11(12)18/h1-7H. The van der Waals surface area contributed by atoms with Crippen molar-refractivity contribution < 1.29 is 4.42 Å². The van der Waals surface area contributed by atoms with Crippen molar-refractivity contribution in [2.75, 3.05) is 0 Å². The Kier molecular flexibility index (Phi) is 4.26. The molecule has 0 unspecified atom stereocenters. The number of hydrogen-bond donors (Lipinski definition) is 0. The van der Waals surface area contributed by atoms with E-state index in [-0.39, 0.29) is 27.2 Å². The maximum absolute atomic E-state index is 12.2. The van der Waals surface area contributed by atoms with Gasteiger partial charge in [0, 0.05) is 5.02 Å². The number of hydrogen-bond acceptors (Lipinski definition) is 4. The molecule has 23 heavy (non-hydrogen) atoms. The van der Waals surface area contributed by atoms with Gasteiger partial charge < -0.3 is 4.42 Å². The molecule has 0 aliphatic heterocycles. The van der Waals surface area contributed by atoms with Crippen molar-refractivity contribution in [2.24, 2.45) is 0 Å². The van der Waals surface area contributed by atoms with Gasteiger partial charge in [0.2, 0.25) is 5.89 Å². The van der Waals surface area contributed by atoms with Crippen molar-refractivity contribution >= 4 is 34.8 Å². The monoisotopic (exact) mass is 368 g/mol. The molecular weight excluding hydrogens is 363 g/mol. The Bertz CT molecular complexity index is 960. The molecule has 5 nitrogen and oxygen atoms in total. The molecule has 0 N–H and O–H groups in total. The summed E-state index contributed by atoms with van der Waals surface area (Å²) in [6.45, 7) is 0. The van der Waals surface area contributed by atoms with E-state index >= 15 is 0 Å². The first-order chi connectivity index (χ1) is 11.0. The summed E-state index contributed by atoms with van der Waals surface area (Å²) in [5.41, 5.74) is -0.390. The maximum Gasteiger partial charge on any atom is 0.429 e. The Labute approximate surface area is 144 Å². The summed E-state index contributed by atoms with van der Waals surface area (Å²) in [6, 6.07) is 10.9. The minimum absolute atomic E-state index is 0.184. The summed E-state index contributed by atoms with van der Waals surface area (Å²) in [6.07, 6.45) is 0. The van der Waals surface area contributed by atoms with Crippen molar-refractivity contribution in [1.82, 2.24) is 9.55 Å². The smallest absolute Gasteiger partial charge is 0.390 e. The summed E-state index contributed by atoms with van der Waals surface area (Å²) < 4.78 is 5.88. The van der Waals surface area contributed by atoms with E-state index in [0.29, 0.717) is 5.02 Å². The van der Waals surface area contributed by atoms with E-state index in [1.54, 1.807) is 30.3 Å². The molecule has 1 heterocycles. The van der Waals surface area contributed by atoms with E-state index in [2.05, 4.69) is 4.98 Å². The van der Waals surface area contributed by atoms with Crippen LogP contribution in [-0.2, 0) is 0 Å². The molecule has 0 spiro atoms. The van der Waals surface area contributed by atoms with Crippen LogP contribution >= 0.6 is 34.8 Å². The third-order valence-electron chi connectivity index (χ3n) is 3.00. The number of halogens is 3. The first-order valence-electron chi connectivity index (χ1n) is 6.32. The van der Waals surface area contributed by atoms with Gasteiger partial charge >= 0.3 is 11.4 Å².